The van der Waals surface area contributed by atoms with Crippen LogP contribution in [0.5, 0.6) is 0 Å². The second kappa shape index (κ2) is 8.41. The van der Waals surface area contributed by atoms with Gasteiger partial charge in [0.15, 0.2) is 0 Å². The zero-order valence-electron chi connectivity index (χ0n) is 17.4. The third-order valence-electron chi connectivity index (χ3n) is 5.45. The summed E-state index contributed by atoms with van der Waals surface area (Å²) in [7, 11) is 0. The quantitative estimate of drug-likeness (QED) is 0.688. The number of aromatic nitrogens is 1. The van der Waals surface area contributed by atoms with Gasteiger partial charge in [-0.3, -0.25) is 9.78 Å². The van der Waals surface area contributed by atoms with Crippen LogP contribution in [0, 0.1) is 12.8 Å². The van der Waals surface area contributed by atoms with Crippen molar-refractivity contribution in [3.63, 3.8) is 0 Å². The molecule has 5 heteroatoms. The molecule has 5 nitrogen and oxygen atoms in total. The summed E-state index contributed by atoms with van der Waals surface area (Å²) in [5, 5.41) is 3.06. The highest BCUT2D eigenvalue weighted by molar-refractivity contribution is 5.77. The van der Waals surface area contributed by atoms with Crippen molar-refractivity contribution in [2.45, 2.75) is 65.6 Å². The number of benzene rings is 1. The number of rotatable bonds is 7. The number of hydrogen-bond donors (Lipinski definition) is 3. The zero-order valence-corrected chi connectivity index (χ0v) is 17.4. The molecule has 2 atom stereocenters. The van der Waals surface area contributed by atoms with E-state index < -0.39 is 0 Å². The van der Waals surface area contributed by atoms with Crippen LogP contribution in [0.4, 0.5) is 0 Å². The van der Waals surface area contributed by atoms with Gasteiger partial charge in [-0.25, -0.2) is 0 Å². The molecule has 1 heterocycles. The Morgan fingerprint density at radius 2 is 1.89 bits per heavy atom. The van der Waals surface area contributed by atoms with E-state index in [2.05, 4.69) is 50.4 Å². The molecule has 1 saturated carbocycles. The summed E-state index contributed by atoms with van der Waals surface area (Å²) >= 11 is 0. The van der Waals surface area contributed by atoms with Crippen LogP contribution in [0.3, 0.4) is 0 Å². The molecule has 0 spiro atoms. The number of hydrogen-bond acceptors (Lipinski definition) is 4. The van der Waals surface area contributed by atoms with E-state index in [4.69, 9.17) is 16.5 Å². The van der Waals surface area contributed by atoms with Gasteiger partial charge in [-0.05, 0) is 53.5 Å². The molecule has 0 bridgehead atoms. The SMILES string of the molecule is CC(=O)NC1CC1c1c(C)nc(CC(C)C)c(CN)c1-c1ccc(CN)cc1. The number of nitrogens with two attached hydrogens (primary N) is 2. The fourth-order valence-electron chi connectivity index (χ4n) is 4.12. The molecule has 28 heavy (non-hydrogen) atoms. The highest BCUT2D eigenvalue weighted by Crippen LogP contribution is 2.47. The lowest BCUT2D eigenvalue weighted by molar-refractivity contribution is -0.119. The average molecular weight is 381 g/mol. The van der Waals surface area contributed by atoms with Gasteiger partial charge in [0.05, 0.1) is 0 Å². The first-order valence-electron chi connectivity index (χ1n) is 10.1. The van der Waals surface area contributed by atoms with Crippen LogP contribution >= 0.6 is 0 Å². The number of amides is 1. The van der Waals surface area contributed by atoms with E-state index in [1.54, 1.807) is 6.92 Å². The normalized spacial score (nSPS) is 18.4. The number of nitrogens with one attached hydrogen (secondary N) is 1. The monoisotopic (exact) mass is 380 g/mol. The van der Waals surface area contributed by atoms with E-state index in [1.807, 2.05) is 0 Å². The van der Waals surface area contributed by atoms with Crippen LogP contribution in [-0.2, 0) is 24.3 Å². The molecule has 0 aliphatic heterocycles. The minimum Gasteiger partial charge on any atom is -0.353 e. The van der Waals surface area contributed by atoms with Gasteiger partial charge in [0.2, 0.25) is 5.91 Å². The van der Waals surface area contributed by atoms with Crippen molar-refractivity contribution in [1.29, 1.82) is 0 Å². The van der Waals surface area contributed by atoms with Crippen LogP contribution in [0.1, 0.15) is 61.2 Å². The fraction of sp³-hybridized carbons (Fsp3) is 0.478. The molecule has 150 valence electrons. The number of carbonyl (C=O) groups excluding carboxylic acids is 1. The molecular formula is C23H32N4O. The summed E-state index contributed by atoms with van der Waals surface area (Å²) in [6.45, 7) is 9.04. The lowest BCUT2D eigenvalue weighted by Crippen LogP contribution is -2.23. The van der Waals surface area contributed by atoms with Crippen LogP contribution in [-0.4, -0.2) is 16.9 Å². The Hall–Kier alpha value is -2.24. The summed E-state index contributed by atoms with van der Waals surface area (Å²) in [6, 6.07) is 8.61. The van der Waals surface area contributed by atoms with E-state index in [0.717, 1.165) is 40.9 Å². The lowest BCUT2D eigenvalue weighted by atomic mass is 9.88. The Morgan fingerprint density at radius 3 is 2.43 bits per heavy atom. The van der Waals surface area contributed by atoms with Crippen LogP contribution in [0.25, 0.3) is 11.1 Å². The van der Waals surface area contributed by atoms with Crippen molar-refractivity contribution in [3.8, 4) is 11.1 Å². The minimum absolute atomic E-state index is 0.0161. The van der Waals surface area contributed by atoms with E-state index in [0.29, 0.717) is 24.9 Å². The molecule has 5 N–H and O–H groups in total. The smallest absolute Gasteiger partial charge is 0.217 e. The number of carbonyl (C=O) groups is 1. The van der Waals surface area contributed by atoms with Gasteiger partial charge in [-0.1, -0.05) is 38.1 Å². The molecule has 2 aromatic rings. The second-order valence-corrected chi connectivity index (χ2v) is 8.26. The third kappa shape index (κ3) is 4.26. The Morgan fingerprint density at radius 1 is 1.21 bits per heavy atom. The summed E-state index contributed by atoms with van der Waals surface area (Å²) in [6.07, 6.45) is 1.85. The topological polar surface area (TPSA) is 94.0 Å². The summed E-state index contributed by atoms with van der Waals surface area (Å²) < 4.78 is 0. The maximum atomic E-state index is 11.5. The first kappa shape index (κ1) is 20.5. The number of nitrogens with zero attached hydrogens (tertiary/aromatic N) is 1. The van der Waals surface area contributed by atoms with Crippen molar-refractivity contribution >= 4 is 5.91 Å². The van der Waals surface area contributed by atoms with E-state index in [-0.39, 0.29) is 11.9 Å². The fourth-order valence-corrected chi connectivity index (χ4v) is 4.12. The molecular weight excluding hydrogens is 348 g/mol. The molecule has 2 unspecified atom stereocenters. The van der Waals surface area contributed by atoms with Crippen LogP contribution < -0.4 is 16.8 Å². The van der Waals surface area contributed by atoms with Crippen molar-refractivity contribution in [2.24, 2.45) is 17.4 Å². The van der Waals surface area contributed by atoms with Crippen molar-refractivity contribution in [2.75, 3.05) is 0 Å². The Kier molecular flexibility index (Phi) is 6.16. The number of pyridine rings is 1. The van der Waals surface area contributed by atoms with Crippen molar-refractivity contribution in [1.82, 2.24) is 10.3 Å². The van der Waals surface area contributed by atoms with Gasteiger partial charge in [-0.15, -0.1) is 0 Å². The second-order valence-electron chi connectivity index (χ2n) is 8.26. The van der Waals surface area contributed by atoms with Gasteiger partial charge < -0.3 is 16.8 Å². The van der Waals surface area contributed by atoms with Gasteiger partial charge in [0.25, 0.3) is 0 Å². The Balaban J connectivity index is 2.16. The summed E-state index contributed by atoms with van der Waals surface area (Å²) in [5.41, 5.74) is 20.0. The molecule has 1 amide bonds. The van der Waals surface area contributed by atoms with Gasteiger partial charge in [0.1, 0.15) is 0 Å². The van der Waals surface area contributed by atoms with E-state index in [9.17, 15) is 4.79 Å². The number of aryl methyl sites for hydroxylation is 1. The predicted molar refractivity (Wildman–Crippen MR) is 114 cm³/mol. The molecule has 3 rings (SSSR count). The summed E-state index contributed by atoms with van der Waals surface area (Å²) in [5.74, 6) is 0.810. The maximum Gasteiger partial charge on any atom is 0.217 e. The van der Waals surface area contributed by atoms with Crippen molar-refractivity contribution in [3.05, 3.63) is 52.3 Å². The standard InChI is InChI=1S/C23H32N4O/c1-13(2)9-20-19(12-25)23(17-7-5-16(11-24)6-8-17)22(14(3)26-20)18-10-21(18)27-15(4)28/h5-8,13,18,21H,9-12,24-25H2,1-4H3,(H,27,28). The predicted octanol–water partition coefficient (Wildman–Crippen LogP) is 3.16. The molecule has 1 aromatic heterocycles. The maximum absolute atomic E-state index is 11.5. The van der Waals surface area contributed by atoms with Gasteiger partial charge >= 0.3 is 0 Å². The zero-order chi connectivity index (χ0) is 20.4. The Bertz CT molecular complexity index is 858. The van der Waals surface area contributed by atoms with Crippen LogP contribution in [0.2, 0.25) is 0 Å². The largest absolute Gasteiger partial charge is 0.353 e. The molecule has 0 saturated heterocycles. The first-order valence-corrected chi connectivity index (χ1v) is 10.1. The molecule has 1 aliphatic carbocycles. The highest BCUT2D eigenvalue weighted by Gasteiger charge is 2.42. The lowest BCUT2D eigenvalue weighted by Gasteiger charge is -2.21. The molecule has 0 radical (unpaired) electrons. The average Bonchev–Trinajstić information content (AvgIpc) is 3.38. The molecule has 1 fully saturated rings. The van der Waals surface area contributed by atoms with Crippen molar-refractivity contribution < 1.29 is 4.79 Å². The van der Waals surface area contributed by atoms with Gasteiger partial charge in [0, 0.05) is 43.4 Å². The summed E-state index contributed by atoms with van der Waals surface area (Å²) in [4.78, 5) is 16.5. The molecule has 1 aliphatic rings. The van der Waals surface area contributed by atoms with Crippen LogP contribution in [0.15, 0.2) is 24.3 Å². The first-order chi connectivity index (χ1) is 13.3. The van der Waals surface area contributed by atoms with E-state index in [1.165, 1.54) is 11.1 Å². The Labute approximate surface area is 167 Å². The minimum atomic E-state index is 0.0161. The highest BCUT2D eigenvalue weighted by atomic mass is 16.1. The van der Waals surface area contributed by atoms with Gasteiger partial charge in [-0.2, -0.15) is 0 Å². The van der Waals surface area contributed by atoms with E-state index >= 15 is 0 Å². The molecule has 1 aromatic carbocycles. The third-order valence-corrected chi connectivity index (χ3v) is 5.45.